The Bertz CT molecular complexity index is 605. The zero-order valence-electron chi connectivity index (χ0n) is 9.69. The lowest BCUT2D eigenvalue weighted by atomic mass is 9.94. The molecule has 0 unspecified atom stereocenters. The highest BCUT2D eigenvalue weighted by Gasteiger charge is 2.18. The van der Waals surface area contributed by atoms with Gasteiger partial charge in [0.15, 0.2) is 0 Å². The summed E-state index contributed by atoms with van der Waals surface area (Å²) in [5.41, 5.74) is 4.40. The van der Waals surface area contributed by atoms with Gasteiger partial charge in [0.1, 0.15) is 0 Å². The fourth-order valence-electron chi connectivity index (χ4n) is 2.54. The average molecular weight is 266 g/mol. The van der Waals surface area contributed by atoms with Crippen LogP contribution in [0.15, 0.2) is 12.1 Å². The summed E-state index contributed by atoms with van der Waals surface area (Å²) >= 11 is 12.6. The molecule has 0 atom stereocenters. The monoisotopic (exact) mass is 265 g/mol. The molecule has 0 fully saturated rings. The first-order valence-corrected chi connectivity index (χ1v) is 6.70. The Morgan fingerprint density at radius 2 is 1.88 bits per heavy atom. The van der Waals surface area contributed by atoms with Crippen LogP contribution in [0.25, 0.3) is 10.9 Å². The minimum absolute atomic E-state index is 0.761. The first kappa shape index (κ1) is 11.3. The predicted octanol–water partition coefficient (Wildman–Crippen LogP) is 4.73. The molecule has 1 nitrogen and oxygen atoms in total. The maximum absolute atomic E-state index is 6.50. The van der Waals surface area contributed by atoms with Crippen LogP contribution >= 0.6 is 23.2 Å². The molecule has 0 saturated heterocycles. The SMILES string of the molecule is Cc1c(Cl)ccc2c(Cl)c3c(nc12)CCCC3. The molecule has 2 aromatic rings. The molecule has 0 aliphatic heterocycles. The van der Waals surface area contributed by atoms with Gasteiger partial charge < -0.3 is 0 Å². The van der Waals surface area contributed by atoms with Crippen LogP contribution in [0.4, 0.5) is 0 Å². The van der Waals surface area contributed by atoms with Gasteiger partial charge in [-0.05, 0) is 55.9 Å². The van der Waals surface area contributed by atoms with Crippen LogP contribution < -0.4 is 0 Å². The zero-order valence-corrected chi connectivity index (χ0v) is 11.2. The standard InChI is InChI=1S/C14H13Cl2N/c1-8-11(15)7-6-10-13(16)9-4-2-3-5-12(9)17-14(8)10/h6-7H,2-5H2,1H3. The van der Waals surface area contributed by atoms with Gasteiger partial charge in [0.05, 0.1) is 10.5 Å². The van der Waals surface area contributed by atoms with Gasteiger partial charge >= 0.3 is 0 Å². The van der Waals surface area contributed by atoms with Gasteiger partial charge in [-0.1, -0.05) is 23.2 Å². The summed E-state index contributed by atoms with van der Waals surface area (Å²) in [5, 5.41) is 2.68. The van der Waals surface area contributed by atoms with Crippen molar-refractivity contribution >= 4 is 34.1 Å². The van der Waals surface area contributed by atoms with Crippen molar-refractivity contribution in [1.29, 1.82) is 0 Å². The lowest BCUT2D eigenvalue weighted by Crippen LogP contribution is -2.07. The Kier molecular flexibility index (Phi) is 2.76. The molecule has 88 valence electrons. The third-order valence-electron chi connectivity index (χ3n) is 3.55. The summed E-state index contributed by atoms with van der Waals surface area (Å²) in [6, 6.07) is 3.89. The van der Waals surface area contributed by atoms with Gasteiger partial charge in [0, 0.05) is 16.1 Å². The normalized spacial score (nSPS) is 15.0. The van der Waals surface area contributed by atoms with Crippen molar-refractivity contribution in [1.82, 2.24) is 4.98 Å². The van der Waals surface area contributed by atoms with Gasteiger partial charge in [-0.15, -0.1) is 0 Å². The van der Waals surface area contributed by atoms with E-state index in [9.17, 15) is 0 Å². The number of rotatable bonds is 0. The molecular weight excluding hydrogens is 253 g/mol. The topological polar surface area (TPSA) is 12.9 Å². The molecule has 0 radical (unpaired) electrons. The Morgan fingerprint density at radius 3 is 2.71 bits per heavy atom. The first-order chi connectivity index (χ1) is 8.18. The largest absolute Gasteiger partial charge is 0.252 e. The molecule has 17 heavy (non-hydrogen) atoms. The summed E-state index contributed by atoms with van der Waals surface area (Å²) in [4.78, 5) is 4.77. The van der Waals surface area contributed by atoms with Crippen LogP contribution in [0.5, 0.6) is 0 Å². The van der Waals surface area contributed by atoms with Crippen LogP contribution in [0.2, 0.25) is 10.0 Å². The number of pyridine rings is 1. The van der Waals surface area contributed by atoms with Crippen molar-refractivity contribution in [3.8, 4) is 0 Å². The van der Waals surface area contributed by atoms with Gasteiger partial charge in [0.2, 0.25) is 0 Å². The van der Waals surface area contributed by atoms with Crippen LogP contribution in [0, 0.1) is 6.92 Å². The number of aryl methyl sites for hydroxylation is 2. The molecule has 3 heteroatoms. The van der Waals surface area contributed by atoms with Crippen LogP contribution in [-0.2, 0) is 12.8 Å². The summed E-state index contributed by atoms with van der Waals surface area (Å²) in [6.45, 7) is 2.00. The van der Waals surface area contributed by atoms with E-state index in [0.717, 1.165) is 39.4 Å². The van der Waals surface area contributed by atoms with E-state index in [2.05, 4.69) is 0 Å². The van der Waals surface area contributed by atoms with Gasteiger partial charge in [-0.25, -0.2) is 0 Å². The van der Waals surface area contributed by atoms with Crippen molar-refractivity contribution in [3.05, 3.63) is 39.0 Å². The van der Waals surface area contributed by atoms with Crippen molar-refractivity contribution in [2.45, 2.75) is 32.6 Å². The smallest absolute Gasteiger partial charge is 0.0764 e. The van der Waals surface area contributed by atoms with Crippen molar-refractivity contribution in [2.24, 2.45) is 0 Å². The van der Waals surface area contributed by atoms with Crippen molar-refractivity contribution in [2.75, 3.05) is 0 Å². The molecule has 0 N–H and O–H groups in total. The number of hydrogen-bond acceptors (Lipinski definition) is 1. The number of halogens is 2. The quantitative estimate of drug-likeness (QED) is 0.671. The number of hydrogen-bond donors (Lipinski definition) is 0. The van der Waals surface area contributed by atoms with Crippen molar-refractivity contribution < 1.29 is 0 Å². The van der Waals surface area contributed by atoms with E-state index in [1.54, 1.807) is 0 Å². The third-order valence-corrected chi connectivity index (χ3v) is 4.39. The van der Waals surface area contributed by atoms with E-state index in [1.807, 2.05) is 19.1 Å². The van der Waals surface area contributed by atoms with E-state index in [4.69, 9.17) is 28.2 Å². The average Bonchev–Trinajstić information content (AvgIpc) is 2.35. The Hall–Kier alpha value is -0.790. The van der Waals surface area contributed by atoms with Crippen LogP contribution in [-0.4, -0.2) is 4.98 Å². The minimum Gasteiger partial charge on any atom is -0.252 e. The lowest BCUT2D eigenvalue weighted by molar-refractivity contribution is 0.671. The molecule has 1 heterocycles. The predicted molar refractivity (Wildman–Crippen MR) is 73.1 cm³/mol. The van der Waals surface area contributed by atoms with E-state index in [0.29, 0.717) is 0 Å². The highest BCUT2D eigenvalue weighted by Crippen LogP contribution is 2.35. The molecule has 0 saturated carbocycles. The summed E-state index contributed by atoms with van der Waals surface area (Å²) < 4.78 is 0. The number of benzene rings is 1. The number of nitrogens with zero attached hydrogens (tertiary/aromatic N) is 1. The fourth-order valence-corrected chi connectivity index (χ4v) is 3.05. The van der Waals surface area contributed by atoms with E-state index >= 15 is 0 Å². The summed E-state index contributed by atoms with van der Waals surface area (Å²) in [6.07, 6.45) is 4.52. The molecule has 0 spiro atoms. The Balaban J connectivity index is 2.40. The minimum atomic E-state index is 0.761. The fraction of sp³-hybridized carbons (Fsp3) is 0.357. The summed E-state index contributed by atoms with van der Waals surface area (Å²) in [5.74, 6) is 0. The van der Waals surface area contributed by atoms with Crippen LogP contribution in [0.1, 0.15) is 29.7 Å². The Morgan fingerprint density at radius 1 is 1.12 bits per heavy atom. The summed E-state index contributed by atoms with van der Waals surface area (Å²) in [7, 11) is 0. The second-order valence-corrected chi connectivity index (χ2v) is 5.41. The molecular formula is C14H13Cl2N. The van der Waals surface area contributed by atoms with E-state index < -0.39 is 0 Å². The molecule has 0 amide bonds. The molecule has 1 aliphatic rings. The van der Waals surface area contributed by atoms with Gasteiger partial charge in [-0.3, -0.25) is 4.98 Å². The van der Waals surface area contributed by atoms with Gasteiger partial charge in [-0.2, -0.15) is 0 Å². The zero-order chi connectivity index (χ0) is 12.0. The number of aromatic nitrogens is 1. The van der Waals surface area contributed by atoms with Crippen LogP contribution in [0.3, 0.4) is 0 Å². The second kappa shape index (κ2) is 4.15. The lowest BCUT2D eigenvalue weighted by Gasteiger charge is -2.18. The highest BCUT2D eigenvalue weighted by molar-refractivity contribution is 6.37. The van der Waals surface area contributed by atoms with Gasteiger partial charge in [0.25, 0.3) is 0 Å². The molecule has 1 aliphatic carbocycles. The maximum Gasteiger partial charge on any atom is 0.0764 e. The maximum atomic E-state index is 6.50. The third kappa shape index (κ3) is 1.73. The van der Waals surface area contributed by atoms with E-state index in [1.165, 1.54) is 24.1 Å². The van der Waals surface area contributed by atoms with Crippen molar-refractivity contribution in [3.63, 3.8) is 0 Å². The molecule has 0 bridgehead atoms. The Labute approximate surface area is 111 Å². The highest BCUT2D eigenvalue weighted by atomic mass is 35.5. The first-order valence-electron chi connectivity index (χ1n) is 5.94. The molecule has 1 aromatic carbocycles. The molecule has 1 aromatic heterocycles. The number of fused-ring (bicyclic) bond motifs is 2. The molecule has 3 rings (SSSR count). The second-order valence-electron chi connectivity index (χ2n) is 4.63. The van der Waals surface area contributed by atoms with E-state index in [-0.39, 0.29) is 0 Å².